The second-order valence-electron chi connectivity index (χ2n) is 6.64. The van der Waals surface area contributed by atoms with E-state index in [9.17, 15) is 0 Å². The fourth-order valence-electron chi connectivity index (χ4n) is 3.34. The lowest BCUT2D eigenvalue weighted by Gasteiger charge is -2.13. The molecule has 0 saturated carbocycles. The van der Waals surface area contributed by atoms with Crippen molar-refractivity contribution in [3.05, 3.63) is 96.7 Å². The molecule has 2 heterocycles. The van der Waals surface area contributed by atoms with Crippen LogP contribution in [0.25, 0.3) is 22.4 Å². The van der Waals surface area contributed by atoms with Crippen molar-refractivity contribution in [3.8, 4) is 22.4 Å². The maximum absolute atomic E-state index is 6.40. The summed E-state index contributed by atoms with van der Waals surface area (Å²) < 4.78 is 2.07. The first-order valence-electron chi connectivity index (χ1n) is 9.05. The third-order valence-corrected chi connectivity index (χ3v) is 4.80. The van der Waals surface area contributed by atoms with Gasteiger partial charge in [-0.15, -0.1) is 0 Å². The summed E-state index contributed by atoms with van der Waals surface area (Å²) in [5.41, 5.74) is 12.0. The summed E-state index contributed by atoms with van der Waals surface area (Å²) in [6.07, 6.45) is 4.35. The van der Waals surface area contributed by atoms with E-state index in [1.807, 2.05) is 37.5 Å². The SMILES string of the molecule is Cn1c(-c2ccc(-c3ccccc3)cc2)cnc1[C@@H](N)Cc1ccccn1. The highest BCUT2D eigenvalue weighted by atomic mass is 15.1. The van der Waals surface area contributed by atoms with Crippen LogP contribution in [0.1, 0.15) is 17.6 Å². The molecule has 0 amide bonds. The molecule has 2 aromatic carbocycles. The second-order valence-corrected chi connectivity index (χ2v) is 6.64. The minimum atomic E-state index is -0.192. The molecule has 0 spiro atoms. The molecule has 0 unspecified atom stereocenters. The number of nitrogens with zero attached hydrogens (tertiary/aromatic N) is 3. The van der Waals surface area contributed by atoms with Gasteiger partial charge in [0.25, 0.3) is 0 Å². The fourth-order valence-corrected chi connectivity index (χ4v) is 3.34. The number of pyridine rings is 1. The largest absolute Gasteiger partial charge is 0.330 e. The Hall–Kier alpha value is -3.24. The Kier molecular flexibility index (Phi) is 4.81. The van der Waals surface area contributed by atoms with Gasteiger partial charge in [-0.3, -0.25) is 4.98 Å². The second kappa shape index (κ2) is 7.56. The van der Waals surface area contributed by atoms with Crippen LogP contribution in [0.3, 0.4) is 0 Å². The van der Waals surface area contributed by atoms with Crippen molar-refractivity contribution >= 4 is 0 Å². The first kappa shape index (κ1) is 17.2. The van der Waals surface area contributed by atoms with Crippen molar-refractivity contribution in [2.75, 3.05) is 0 Å². The van der Waals surface area contributed by atoms with Crippen molar-refractivity contribution in [2.45, 2.75) is 12.5 Å². The lowest BCUT2D eigenvalue weighted by molar-refractivity contribution is 0.626. The van der Waals surface area contributed by atoms with Crippen molar-refractivity contribution in [3.63, 3.8) is 0 Å². The third kappa shape index (κ3) is 3.66. The number of benzene rings is 2. The zero-order valence-corrected chi connectivity index (χ0v) is 15.3. The van der Waals surface area contributed by atoms with Crippen LogP contribution in [-0.4, -0.2) is 14.5 Å². The molecule has 4 rings (SSSR count). The average Bonchev–Trinajstić information content (AvgIpc) is 3.11. The van der Waals surface area contributed by atoms with Gasteiger partial charge in [0.05, 0.1) is 17.9 Å². The fraction of sp³-hybridized carbons (Fsp3) is 0.130. The van der Waals surface area contributed by atoms with E-state index >= 15 is 0 Å². The van der Waals surface area contributed by atoms with E-state index in [1.54, 1.807) is 6.20 Å². The molecule has 1 atom stereocenters. The number of imidazole rings is 1. The summed E-state index contributed by atoms with van der Waals surface area (Å²) in [6.45, 7) is 0. The van der Waals surface area contributed by atoms with Gasteiger partial charge in [0, 0.05) is 25.4 Å². The quantitative estimate of drug-likeness (QED) is 0.578. The van der Waals surface area contributed by atoms with E-state index in [0.717, 1.165) is 22.8 Å². The molecule has 0 aliphatic carbocycles. The van der Waals surface area contributed by atoms with Crippen molar-refractivity contribution in [1.29, 1.82) is 0 Å². The number of rotatable bonds is 5. The van der Waals surface area contributed by atoms with Gasteiger partial charge in [-0.25, -0.2) is 4.98 Å². The van der Waals surface area contributed by atoms with E-state index in [2.05, 4.69) is 63.1 Å². The Bertz CT molecular complexity index is 1010. The summed E-state index contributed by atoms with van der Waals surface area (Å²) in [4.78, 5) is 8.94. The monoisotopic (exact) mass is 354 g/mol. The Balaban J connectivity index is 1.57. The minimum Gasteiger partial charge on any atom is -0.330 e. The Morgan fingerprint density at radius 1 is 0.815 bits per heavy atom. The van der Waals surface area contributed by atoms with Crippen molar-refractivity contribution in [2.24, 2.45) is 12.8 Å². The van der Waals surface area contributed by atoms with Gasteiger partial charge < -0.3 is 10.3 Å². The molecule has 27 heavy (non-hydrogen) atoms. The third-order valence-electron chi connectivity index (χ3n) is 4.80. The van der Waals surface area contributed by atoms with Gasteiger partial charge in [-0.2, -0.15) is 0 Å². The molecule has 0 radical (unpaired) electrons. The zero-order valence-electron chi connectivity index (χ0n) is 15.3. The van der Waals surface area contributed by atoms with Crippen molar-refractivity contribution < 1.29 is 0 Å². The zero-order chi connectivity index (χ0) is 18.6. The molecule has 2 aromatic heterocycles. The molecule has 4 aromatic rings. The summed E-state index contributed by atoms with van der Waals surface area (Å²) in [7, 11) is 2.01. The highest BCUT2D eigenvalue weighted by Gasteiger charge is 2.16. The number of nitrogens with two attached hydrogens (primary N) is 1. The molecule has 4 nitrogen and oxygen atoms in total. The van der Waals surface area contributed by atoms with Gasteiger partial charge in [0.2, 0.25) is 0 Å². The van der Waals surface area contributed by atoms with Gasteiger partial charge in [-0.05, 0) is 28.8 Å². The van der Waals surface area contributed by atoms with Crippen LogP contribution in [0, 0.1) is 0 Å². The minimum absolute atomic E-state index is 0.192. The summed E-state index contributed by atoms with van der Waals surface area (Å²) in [5.74, 6) is 0.864. The lowest BCUT2D eigenvalue weighted by atomic mass is 10.0. The normalized spacial score (nSPS) is 12.1. The first-order valence-corrected chi connectivity index (χ1v) is 9.05. The van der Waals surface area contributed by atoms with Gasteiger partial charge in [0.1, 0.15) is 5.82 Å². The van der Waals surface area contributed by atoms with E-state index in [0.29, 0.717) is 6.42 Å². The molecular formula is C23H22N4. The van der Waals surface area contributed by atoms with Crippen LogP contribution in [0.5, 0.6) is 0 Å². The molecule has 4 heteroatoms. The van der Waals surface area contributed by atoms with E-state index < -0.39 is 0 Å². The van der Waals surface area contributed by atoms with Crippen LogP contribution in [0.15, 0.2) is 85.2 Å². The summed E-state index contributed by atoms with van der Waals surface area (Å²) >= 11 is 0. The molecule has 0 saturated heterocycles. The Morgan fingerprint density at radius 2 is 1.48 bits per heavy atom. The van der Waals surface area contributed by atoms with E-state index in [4.69, 9.17) is 5.73 Å². The van der Waals surface area contributed by atoms with Gasteiger partial charge in [-0.1, -0.05) is 60.7 Å². The Morgan fingerprint density at radius 3 is 2.19 bits per heavy atom. The predicted molar refractivity (Wildman–Crippen MR) is 109 cm³/mol. The molecule has 0 aliphatic rings. The molecule has 0 fully saturated rings. The summed E-state index contributed by atoms with van der Waals surface area (Å²) in [5, 5.41) is 0. The number of hydrogen-bond donors (Lipinski definition) is 1. The van der Waals surface area contributed by atoms with Crippen LogP contribution in [-0.2, 0) is 13.5 Å². The van der Waals surface area contributed by atoms with Crippen LogP contribution in [0.4, 0.5) is 0 Å². The average molecular weight is 354 g/mol. The number of aromatic nitrogens is 3. The summed E-state index contributed by atoms with van der Waals surface area (Å²) in [6, 6.07) is 24.6. The van der Waals surface area contributed by atoms with Crippen LogP contribution in [0.2, 0.25) is 0 Å². The lowest BCUT2D eigenvalue weighted by Crippen LogP contribution is -2.18. The smallest absolute Gasteiger partial charge is 0.126 e. The Labute approximate surface area is 159 Å². The van der Waals surface area contributed by atoms with E-state index in [-0.39, 0.29) is 6.04 Å². The molecule has 2 N–H and O–H groups in total. The molecule has 134 valence electrons. The van der Waals surface area contributed by atoms with Crippen LogP contribution >= 0.6 is 0 Å². The topological polar surface area (TPSA) is 56.7 Å². The van der Waals surface area contributed by atoms with E-state index in [1.165, 1.54) is 11.1 Å². The van der Waals surface area contributed by atoms with Gasteiger partial charge >= 0.3 is 0 Å². The number of hydrogen-bond acceptors (Lipinski definition) is 3. The highest BCUT2D eigenvalue weighted by Crippen LogP contribution is 2.26. The molecule has 0 bridgehead atoms. The maximum atomic E-state index is 6.40. The first-order chi connectivity index (χ1) is 13.2. The molecular weight excluding hydrogens is 332 g/mol. The standard InChI is InChI=1S/C23H22N4/c1-27-22(16-26-23(27)21(24)15-20-9-5-6-14-25-20)19-12-10-18(11-13-19)17-7-3-2-4-8-17/h2-14,16,21H,15,24H2,1H3/t21-/m0/s1. The van der Waals surface area contributed by atoms with Gasteiger partial charge in [0.15, 0.2) is 0 Å². The van der Waals surface area contributed by atoms with Crippen molar-refractivity contribution in [1.82, 2.24) is 14.5 Å². The van der Waals surface area contributed by atoms with Crippen LogP contribution < -0.4 is 5.73 Å². The maximum Gasteiger partial charge on any atom is 0.126 e. The highest BCUT2D eigenvalue weighted by molar-refractivity contribution is 5.68. The molecule has 0 aliphatic heterocycles. The predicted octanol–water partition coefficient (Wildman–Crippen LogP) is 4.39.